The fourth-order valence-electron chi connectivity index (χ4n) is 3.53. The monoisotopic (exact) mass is 407 g/mol. The summed E-state index contributed by atoms with van der Waals surface area (Å²) in [6.45, 7) is 4.85. The molecule has 0 bridgehead atoms. The van der Waals surface area contributed by atoms with Gasteiger partial charge in [-0.2, -0.15) is 0 Å². The summed E-state index contributed by atoms with van der Waals surface area (Å²) >= 11 is 0. The van der Waals surface area contributed by atoms with E-state index in [4.69, 9.17) is 0 Å². The molecule has 1 atom stereocenters. The Morgan fingerprint density at radius 3 is 2.63 bits per heavy atom. The van der Waals surface area contributed by atoms with Crippen LogP contribution < -0.4 is 10.2 Å². The van der Waals surface area contributed by atoms with Gasteiger partial charge in [0.25, 0.3) is 5.91 Å². The minimum atomic E-state index is -0.0525. The maximum Gasteiger partial charge on any atom is 0.255 e. The molecular formula is C20H25N9O. The van der Waals surface area contributed by atoms with E-state index < -0.39 is 0 Å². The third kappa shape index (κ3) is 4.37. The van der Waals surface area contributed by atoms with Crippen molar-refractivity contribution < 1.29 is 4.79 Å². The Labute approximate surface area is 175 Å². The summed E-state index contributed by atoms with van der Waals surface area (Å²) in [4.78, 5) is 30.0. The zero-order valence-corrected chi connectivity index (χ0v) is 17.1. The van der Waals surface area contributed by atoms with Crippen LogP contribution in [-0.4, -0.2) is 66.7 Å². The van der Waals surface area contributed by atoms with Gasteiger partial charge in [0, 0.05) is 51.8 Å². The Morgan fingerprint density at radius 1 is 1.10 bits per heavy atom. The summed E-state index contributed by atoms with van der Waals surface area (Å²) in [7, 11) is 1.90. The normalized spacial score (nSPS) is 15.5. The highest BCUT2D eigenvalue weighted by Crippen LogP contribution is 2.17. The van der Waals surface area contributed by atoms with Crippen LogP contribution >= 0.6 is 0 Å². The van der Waals surface area contributed by atoms with E-state index in [1.54, 1.807) is 31.0 Å². The quantitative estimate of drug-likeness (QED) is 0.679. The SMILES string of the molecule is C[C@H](Nc1ccc(C(=O)N2CCCN(c3ncccn3)CC2)cn1)c1nncn1C. The number of nitrogens with one attached hydrogen (secondary N) is 1. The summed E-state index contributed by atoms with van der Waals surface area (Å²) in [5.74, 6) is 2.20. The van der Waals surface area contributed by atoms with Crippen LogP contribution in [-0.2, 0) is 7.05 Å². The van der Waals surface area contributed by atoms with E-state index >= 15 is 0 Å². The third-order valence-electron chi connectivity index (χ3n) is 5.13. The summed E-state index contributed by atoms with van der Waals surface area (Å²) in [5.41, 5.74) is 0.580. The molecule has 1 fully saturated rings. The van der Waals surface area contributed by atoms with Crippen molar-refractivity contribution in [1.82, 2.24) is 34.6 Å². The van der Waals surface area contributed by atoms with Crippen molar-refractivity contribution >= 4 is 17.7 Å². The number of carbonyl (C=O) groups excluding carboxylic acids is 1. The lowest BCUT2D eigenvalue weighted by Gasteiger charge is -2.22. The number of hydrogen-bond donors (Lipinski definition) is 1. The van der Waals surface area contributed by atoms with Crippen molar-refractivity contribution in [2.24, 2.45) is 7.05 Å². The van der Waals surface area contributed by atoms with Gasteiger partial charge < -0.3 is 19.7 Å². The number of aryl methyl sites for hydroxylation is 1. The molecule has 156 valence electrons. The molecule has 0 aliphatic carbocycles. The van der Waals surface area contributed by atoms with Crippen molar-refractivity contribution in [2.75, 3.05) is 36.4 Å². The van der Waals surface area contributed by atoms with Crippen molar-refractivity contribution in [2.45, 2.75) is 19.4 Å². The molecule has 0 spiro atoms. The van der Waals surface area contributed by atoms with Crippen LogP contribution in [0.3, 0.4) is 0 Å². The minimum Gasteiger partial charge on any atom is -0.360 e. The molecule has 1 saturated heterocycles. The lowest BCUT2D eigenvalue weighted by atomic mass is 10.2. The van der Waals surface area contributed by atoms with E-state index in [1.165, 1.54) is 0 Å². The van der Waals surface area contributed by atoms with Gasteiger partial charge in [-0.1, -0.05) is 0 Å². The first-order valence-corrected chi connectivity index (χ1v) is 9.99. The molecule has 10 nitrogen and oxygen atoms in total. The molecule has 30 heavy (non-hydrogen) atoms. The molecular weight excluding hydrogens is 382 g/mol. The van der Waals surface area contributed by atoms with Gasteiger partial charge in [-0.3, -0.25) is 4.79 Å². The standard InChI is InChI=1S/C20H25N9O/c1-15(18-26-24-14-27(18)2)25-17-6-5-16(13-23-17)19(30)28-9-4-10-29(12-11-28)20-21-7-3-8-22-20/h3,5-8,13-15H,4,9-12H2,1-2H3,(H,23,25)/t15-/m0/s1. The number of anilines is 2. The van der Waals surface area contributed by atoms with Gasteiger partial charge in [-0.15, -0.1) is 10.2 Å². The van der Waals surface area contributed by atoms with Crippen LogP contribution in [0.1, 0.15) is 35.6 Å². The number of hydrogen-bond acceptors (Lipinski definition) is 8. The Bertz CT molecular complexity index is 973. The van der Waals surface area contributed by atoms with Crippen molar-refractivity contribution in [1.29, 1.82) is 0 Å². The molecule has 0 radical (unpaired) electrons. The molecule has 0 unspecified atom stereocenters. The first kappa shape index (κ1) is 19.7. The average Bonchev–Trinajstić information content (AvgIpc) is 3.06. The summed E-state index contributed by atoms with van der Waals surface area (Å²) in [6, 6.07) is 5.38. The van der Waals surface area contributed by atoms with E-state index in [1.807, 2.05) is 35.6 Å². The summed E-state index contributed by atoms with van der Waals surface area (Å²) in [6.07, 6.45) is 7.63. The number of rotatable bonds is 5. The molecule has 4 rings (SSSR count). The molecule has 3 aromatic heterocycles. The second kappa shape index (κ2) is 8.85. The molecule has 4 heterocycles. The molecule has 1 aliphatic rings. The van der Waals surface area contributed by atoms with E-state index in [9.17, 15) is 4.79 Å². The average molecular weight is 407 g/mol. The van der Waals surface area contributed by atoms with Crippen LogP contribution in [0.4, 0.5) is 11.8 Å². The summed E-state index contributed by atoms with van der Waals surface area (Å²) < 4.78 is 1.86. The highest BCUT2D eigenvalue weighted by atomic mass is 16.2. The number of aromatic nitrogens is 6. The van der Waals surface area contributed by atoms with E-state index in [2.05, 4.69) is 35.4 Å². The topological polar surface area (TPSA) is 105 Å². The highest BCUT2D eigenvalue weighted by Gasteiger charge is 2.22. The second-order valence-corrected chi connectivity index (χ2v) is 7.28. The largest absolute Gasteiger partial charge is 0.360 e. The molecule has 0 saturated carbocycles. The van der Waals surface area contributed by atoms with Gasteiger partial charge in [0.1, 0.15) is 12.1 Å². The summed E-state index contributed by atoms with van der Waals surface area (Å²) in [5, 5.41) is 11.3. The minimum absolute atomic E-state index is 0.00812. The maximum atomic E-state index is 13.0. The number of nitrogens with zero attached hydrogens (tertiary/aromatic N) is 8. The highest BCUT2D eigenvalue weighted by molar-refractivity contribution is 5.94. The number of carbonyl (C=O) groups is 1. The van der Waals surface area contributed by atoms with Crippen molar-refractivity contribution in [3.05, 3.63) is 54.5 Å². The van der Waals surface area contributed by atoms with E-state index in [-0.39, 0.29) is 11.9 Å². The molecule has 1 amide bonds. The first-order valence-electron chi connectivity index (χ1n) is 9.99. The Hall–Kier alpha value is -3.56. The lowest BCUT2D eigenvalue weighted by Crippen LogP contribution is -2.35. The van der Waals surface area contributed by atoms with Gasteiger partial charge in [0.05, 0.1) is 11.6 Å². The molecule has 10 heteroatoms. The van der Waals surface area contributed by atoms with Crippen LogP contribution in [0, 0.1) is 0 Å². The maximum absolute atomic E-state index is 13.0. The van der Waals surface area contributed by atoms with Crippen LogP contribution in [0.15, 0.2) is 43.1 Å². The molecule has 3 aromatic rings. The van der Waals surface area contributed by atoms with Gasteiger partial charge in [0.2, 0.25) is 5.95 Å². The first-order chi connectivity index (χ1) is 14.6. The van der Waals surface area contributed by atoms with Gasteiger partial charge in [-0.05, 0) is 31.5 Å². The molecule has 1 N–H and O–H groups in total. The smallest absolute Gasteiger partial charge is 0.255 e. The molecule has 1 aliphatic heterocycles. The zero-order valence-electron chi connectivity index (χ0n) is 17.1. The van der Waals surface area contributed by atoms with E-state index in [0.29, 0.717) is 37.0 Å². The fourth-order valence-corrected chi connectivity index (χ4v) is 3.53. The predicted molar refractivity (Wildman–Crippen MR) is 112 cm³/mol. The molecule has 0 aromatic carbocycles. The van der Waals surface area contributed by atoms with E-state index in [0.717, 1.165) is 18.8 Å². The van der Waals surface area contributed by atoms with Gasteiger partial charge in [0.15, 0.2) is 5.82 Å². The number of pyridine rings is 1. The van der Waals surface area contributed by atoms with Crippen LogP contribution in [0.2, 0.25) is 0 Å². The predicted octanol–water partition coefficient (Wildman–Crippen LogP) is 1.53. The number of amides is 1. The Balaban J connectivity index is 1.37. The Morgan fingerprint density at radius 2 is 1.93 bits per heavy atom. The van der Waals surface area contributed by atoms with Gasteiger partial charge >= 0.3 is 0 Å². The third-order valence-corrected chi connectivity index (χ3v) is 5.13. The van der Waals surface area contributed by atoms with Gasteiger partial charge in [-0.25, -0.2) is 15.0 Å². The van der Waals surface area contributed by atoms with Crippen LogP contribution in [0.25, 0.3) is 0 Å². The fraction of sp³-hybridized carbons (Fsp3) is 0.400. The van der Waals surface area contributed by atoms with Crippen LogP contribution in [0.5, 0.6) is 0 Å². The lowest BCUT2D eigenvalue weighted by molar-refractivity contribution is 0.0766. The Kier molecular flexibility index (Phi) is 5.82. The van der Waals surface area contributed by atoms with Crippen molar-refractivity contribution in [3.63, 3.8) is 0 Å². The zero-order chi connectivity index (χ0) is 20.9. The van der Waals surface area contributed by atoms with Crippen molar-refractivity contribution in [3.8, 4) is 0 Å². The second-order valence-electron chi connectivity index (χ2n) is 7.28.